The van der Waals surface area contributed by atoms with Crippen molar-refractivity contribution in [3.63, 3.8) is 0 Å². The SMILES string of the molecule is C[C@@H](O/N=C\c1ccc(Cl)c(Cl)c1)C(=O)Nc1ccc2ccccc2c1. The first-order valence-corrected chi connectivity index (χ1v) is 8.72. The zero-order valence-corrected chi connectivity index (χ0v) is 15.5. The van der Waals surface area contributed by atoms with Gasteiger partial charge in [0.15, 0.2) is 0 Å². The van der Waals surface area contributed by atoms with E-state index in [4.69, 9.17) is 28.0 Å². The maximum atomic E-state index is 12.2. The van der Waals surface area contributed by atoms with Crippen LogP contribution in [-0.2, 0) is 9.63 Å². The van der Waals surface area contributed by atoms with Crippen LogP contribution in [0.1, 0.15) is 12.5 Å². The van der Waals surface area contributed by atoms with Crippen molar-refractivity contribution in [2.24, 2.45) is 5.16 Å². The molecule has 26 heavy (non-hydrogen) atoms. The Bertz CT molecular complexity index is 973. The van der Waals surface area contributed by atoms with Gasteiger partial charge in [-0.05, 0) is 47.5 Å². The molecule has 3 aromatic rings. The lowest BCUT2D eigenvalue weighted by Crippen LogP contribution is -2.26. The number of anilines is 1. The van der Waals surface area contributed by atoms with Crippen LogP contribution >= 0.6 is 23.2 Å². The minimum Gasteiger partial charge on any atom is -0.383 e. The highest BCUT2D eigenvalue weighted by Gasteiger charge is 2.14. The van der Waals surface area contributed by atoms with Crippen molar-refractivity contribution >= 4 is 51.8 Å². The molecule has 0 aliphatic heterocycles. The molecule has 0 spiro atoms. The molecule has 0 heterocycles. The van der Waals surface area contributed by atoms with Gasteiger partial charge in [-0.25, -0.2) is 0 Å². The molecule has 1 amide bonds. The van der Waals surface area contributed by atoms with Gasteiger partial charge in [0.1, 0.15) is 0 Å². The second-order valence-corrected chi connectivity index (χ2v) is 6.52. The molecule has 1 N–H and O–H groups in total. The third-order valence-electron chi connectivity index (χ3n) is 3.75. The molecule has 3 aromatic carbocycles. The average Bonchev–Trinajstić information content (AvgIpc) is 2.64. The summed E-state index contributed by atoms with van der Waals surface area (Å²) in [6.45, 7) is 1.63. The molecular formula is C20H16Cl2N2O2. The number of fused-ring (bicyclic) bond motifs is 1. The summed E-state index contributed by atoms with van der Waals surface area (Å²) in [6.07, 6.45) is 0.725. The highest BCUT2D eigenvalue weighted by Crippen LogP contribution is 2.22. The molecule has 4 nitrogen and oxygen atoms in total. The Balaban J connectivity index is 1.59. The van der Waals surface area contributed by atoms with Crippen LogP contribution in [0.4, 0.5) is 5.69 Å². The summed E-state index contributed by atoms with van der Waals surface area (Å²) in [5.74, 6) is -0.286. The maximum Gasteiger partial charge on any atom is 0.267 e. The normalized spacial score (nSPS) is 12.3. The highest BCUT2D eigenvalue weighted by molar-refractivity contribution is 6.42. The standard InChI is InChI=1S/C20H16Cl2N2O2/c1-13(26-23-12-14-6-9-18(21)19(22)10-14)20(25)24-17-8-7-15-4-2-3-5-16(15)11-17/h2-13H,1H3,(H,24,25)/b23-12-/t13-/m1/s1. The Morgan fingerprint density at radius 1 is 1.04 bits per heavy atom. The lowest BCUT2D eigenvalue weighted by Gasteiger charge is -2.11. The summed E-state index contributed by atoms with van der Waals surface area (Å²) >= 11 is 11.8. The number of hydrogen-bond acceptors (Lipinski definition) is 3. The summed E-state index contributed by atoms with van der Waals surface area (Å²) in [7, 11) is 0. The molecular weight excluding hydrogens is 371 g/mol. The van der Waals surface area contributed by atoms with Crippen molar-refractivity contribution in [3.05, 3.63) is 76.3 Å². The average molecular weight is 387 g/mol. The van der Waals surface area contributed by atoms with Crippen LogP contribution in [-0.4, -0.2) is 18.2 Å². The topological polar surface area (TPSA) is 50.7 Å². The minimum atomic E-state index is -0.750. The quantitative estimate of drug-likeness (QED) is 0.463. The molecule has 0 fully saturated rings. The molecule has 3 rings (SSSR count). The van der Waals surface area contributed by atoms with Crippen LogP contribution in [0.5, 0.6) is 0 Å². The first-order chi connectivity index (χ1) is 12.5. The number of rotatable bonds is 5. The van der Waals surface area contributed by atoms with Crippen LogP contribution in [0.2, 0.25) is 10.0 Å². The summed E-state index contributed by atoms with van der Waals surface area (Å²) in [5.41, 5.74) is 1.43. The van der Waals surface area contributed by atoms with Gasteiger partial charge in [-0.2, -0.15) is 0 Å². The molecule has 0 aliphatic carbocycles. The van der Waals surface area contributed by atoms with Crippen molar-refractivity contribution in [1.29, 1.82) is 0 Å². The zero-order chi connectivity index (χ0) is 18.5. The maximum absolute atomic E-state index is 12.2. The molecule has 6 heteroatoms. The first-order valence-electron chi connectivity index (χ1n) is 7.97. The fraction of sp³-hybridized carbons (Fsp3) is 0.100. The number of oxime groups is 1. The van der Waals surface area contributed by atoms with Gasteiger partial charge in [-0.3, -0.25) is 4.79 Å². The third-order valence-corrected chi connectivity index (χ3v) is 4.49. The molecule has 0 aromatic heterocycles. The van der Waals surface area contributed by atoms with Gasteiger partial charge in [-0.15, -0.1) is 0 Å². The molecule has 0 bridgehead atoms. The largest absolute Gasteiger partial charge is 0.383 e. The van der Waals surface area contributed by atoms with Crippen molar-refractivity contribution in [1.82, 2.24) is 0 Å². The van der Waals surface area contributed by atoms with E-state index in [-0.39, 0.29) is 5.91 Å². The van der Waals surface area contributed by atoms with E-state index in [1.165, 1.54) is 6.21 Å². The Morgan fingerprint density at radius 2 is 1.81 bits per heavy atom. The number of hydrogen-bond donors (Lipinski definition) is 1. The number of halogens is 2. The fourth-order valence-corrected chi connectivity index (χ4v) is 2.64. The Hall–Kier alpha value is -2.56. The molecule has 0 unspecified atom stereocenters. The number of carbonyl (C=O) groups excluding carboxylic acids is 1. The minimum absolute atomic E-state index is 0.286. The lowest BCUT2D eigenvalue weighted by atomic mass is 10.1. The number of amides is 1. The van der Waals surface area contributed by atoms with E-state index in [1.807, 2.05) is 42.5 Å². The number of carbonyl (C=O) groups is 1. The summed E-state index contributed by atoms with van der Waals surface area (Å²) in [6, 6.07) is 18.7. The second-order valence-electron chi connectivity index (χ2n) is 5.71. The van der Waals surface area contributed by atoms with Crippen LogP contribution in [0, 0.1) is 0 Å². The number of benzene rings is 3. The highest BCUT2D eigenvalue weighted by atomic mass is 35.5. The van der Waals surface area contributed by atoms with Crippen molar-refractivity contribution in [2.75, 3.05) is 5.32 Å². The van der Waals surface area contributed by atoms with Crippen LogP contribution in [0.15, 0.2) is 65.8 Å². The van der Waals surface area contributed by atoms with Crippen molar-refractivity contribution < 1.29 is 9.63 Å². The van der Waals surface area contributed by atoms with Crippen LogP contribution in [0.25, 0.3) is 10.8 Å². The molecule has 0 radical (unpaired) electrons. The smallest absolute Gasteiger partial charge is 0.267 e. The van der Waals surface area contributed by atoms with E-state index in [2.05, 4.69) is 10.5 Å². The molecule has 1 atom stereocenters. The predicted octanol–water partition coefficient (Wildman–Crippen LogP) is 5.52. The zero-order valence-electron chi connectivity index (χ0n) is 13.9. The Morgan fingerprint density at radius 3 is 2.58 bits per heavy atom. The van der Waals surface area contributed by atoms with E-state index >= 15 is 0 Å². The first kappa shape index (κ1) is 18.2. The van der Waals surface area contributed by atoms with Gasteiger partial charge in [0.05, 0.1) is 16.3 Å². The van der Waals surface area contributed by atoms with Crippen LogP contribution < -0.4 is 5.32 Å². The van der Waals surface area contributed by atoms with Crippen LogP contribution in [0.3, 0.4) is 0 Å². The summed E-state index contributed by atoms with van der Waals surface area (Å²) in [5, 5.41) is 9.72. The number of nitrogens with one attached hydrogen (secondary N) is 1. The van der Waals surface area contributed by atoms with Crippen molar-refractivity contribution in [3.8, 4) is 0 Å². The van der Waals surface area contributed by atoms with Gasteiger partial charge in [0, 0.05) is 5.69 Å². The van der Waals surface area contributed by atoms with E-state index in [0.29, 0.717) is 15.7 Å². The fourth-order valence-electron chi connectivity index (χ4n) is 2.33. The van der Waals surface area contributed by atoms with E-state index in [0.717, 1.165) is 16.3 Å². The third kappa shape index (κ3) is 4.54. The van der Waals surface area contributed by atoms with Gasteiger partial charge in [0.25, 0.3) is 5.91 Å². The molecule has 0 saturated carbocycles. The lowest BCUT2D eigenvalue weighted by molar-refractivity contribution is -0.126. The Kier molecular flexibility index (Phi) is 5.76. The molecule has 0 aliphatic rings. The van der Waals surface area contributed by atoms with Gasteiger partial charge in [-0.1, -0.05) is 64.8 Å². The van der Waals surface area contributed by atoms with E-state index in [9.17, 15) is 4.79 Å². The summed E-state index contributed by atoms with van der Waals surface area (Å²) in [4.78, 5) is 17.5. The monoisotopic (exact) mass is 386 g/mol. The second kappa shape index (κ2) is 8.21. The van der Waals surface area contributed by atoms with Gasteiger partial charge >= 0.3 is 0 Å². The molecule has 132 valence electrons. The Labute approximate surface area is 161 Å². The molecule has 0 saturated heterocycles. The van der Waals surface area contributed by atoms with E-state index < -0.39 is 6.10 Å². The summed E-state index contributed by atoms with van der Waals surface area (Å²) < 4.78 is 0. The van der Waals surface area contributed by atoms with Crippen molar-refractivity contribution in [2.45, 2.75) is 13.0 Å². The van der Waals surface area contributed by atoms with Gasteiger partial charge in [0.2, 0.25) is 6.10 Å². The van der Waals surface area contributed by atoms with Gasteiger partial charge < -0.3 is 10.2 Å². The predicted molar refractivity (Wildman–Crippen MR) is 107 cm³/mol. The van der Waals surface area contributed by atoms with E-state index in [1.54, 1.807) is 25.1 Å². The number of nitrogens with zero attached hydrogens (tertiary/aromatic N) is 1.